The van der Waals surface area contributed by atoms with E-state index in [4.69, 9.17) is 4.74 Å². The van der Waals surface area contributed by atoms with E-state index < -0.39 is 5.41 Å². The molecule has 1 unspecified atom stereocenters. The average Bonchev–Trinajstić information content (AvgIpc) is 2.56. The van der Waals surface area contributed by atoms with Gasteiger partial charge in [-0.05, 0) is 51.0 Å². The molecule has 0 aromatic heterocycles. The molecule has 122 valence electrons. The van der Waals surface area contributed by atoms with Crippen LogP contribution in [0.5, 0.6) is 5.75 Å². The van der Waals surface area contributed by atoms with Gasteiger partial charge in [0.05, 0.1) is 18.1 Å². The van der Waals surface area contributed by atoms with Crippen molar-refractivity contribution >= 4 is 5.91 Å². The Balaban J connectivity index is 2.07. The zero-order chi connectivity index (χ0) is 16.9. The maximum atomic E-state index is 12.7. The maximum absolute atomic E-state index is 12.7. The van der Waals surface area contributed by atoms with Gasteiger partial charge in [0, 0.05) is 0 Å². The van der Waals surface area contributed by atoms with Crippen LogP contribution in [0.1, 0.15) is 44.9 Å². The van der Waals surface area contributed by atoms with Crippen LogP contribution in [-0.2, 0) is 10.2 Å². The van der Waals surface area contributed by atoms with Crippen molar-refractivity contribution in [2.24, 2.45) is 0 Å². The van der Waals surface area contributed by atoms with E-state index in [-0.39, 0.29) is 11.9 Å². The van der Waals surface area contributed by atoms with Gasteiger partial charge in [-0.25, -0.2) is 0 Å². The van der Waals surface area contributed by atoms with Crippen molar-refractivity contribution < 1.29 is 9.53 Å². The van der Waals surface area contributed by atoms with Gasteiger partial charge in [0.2, 0.25) is 5.91 Å². The lowest BCUT2D eigenvalue weighted by Crippen LogP contribution is -2.41. The number of carbonyl (C=O) groups excluding carboxylic acids is 1. The van der Waals surface area contributed by atoms with Crippen molar-refractivity contribution in [1.29, 1.82) is 0 Å². The first-order chi connectivity index (χ1) is 10.9. The minimum Gasteiger partial charge on any atom is -0.494 e. The summed E-state index contributed by atoms with van der Waals surface area (Å²) < 4.78 is 5.45. The lowest BCUT2D eigenvalue weighted by Gasteiger charge is -2.26. The standard InChI is InChI=1S/C20H25NO2/c1-5-23-18-13-11-16(12-14-18)15(2)21-19(22)20(3,4)17-9-7-6-8-10-17/h6-15H,5H2,1-4H3,(H,21,22). The van der Waals surface area contributed by atoms with Crippen molar-refractivity contribution in [3.63, 3.8) is 0 Å². The van der Waals surface area contributed by atoms with Crippen LogP contribution in [0.15, 0.2) is 54.6 Å². The molecule has 1 amide bonds. The second-order valence-electron chi connectivity index (χ2n) is 6.19. The molecule has 2 aromatic carbocycles. The molecule has 23 heavy (non-hydrogen) atoms. The number of ether oxygens (including phenoxy) is 1. The van der Waals surface area contributed by atoms with E-state index in [1.165, 1.54) is 0 Å². The Morgan fingerprint density at radius 2 is 1.70 bits per heavy atom. The molecule has 1 N–H and O–H groups in total. The van der Waals surface area contributed by atoms with E-state index >= 15 is 0 Å². The van der Waals surface area contributed by atoms with Gasteiger partial charge < -0.3 is 10.1 Å². The molecule has 3 nitrogen and oxygen atoms in total. The maximum Gasteiger partial charge on any atom is 0.230 e. The minimum atomic E-state index is -0.569. The lowest BCUT2D eigenvalue weighted by atomic mass is 9.83. The van der Waals surface area contributed by atoms with Gasteiger partial charge in [-0.3, -0.25) is 4.79 Å². The smallest absolute Gasteiger partial charge is 0.230 e. The SMILES string of the molecule is CCOc1ccc(C(C)NC(=O)C(C)(C)c2ccccc2)cc1. The van der Waals surface area contributed by atoms with Gasteiger partial charge in [0.25, 0.3) is 0 Å². The number of nitrogens with one attached hydrogen (secondary N) is 1. The number of benzene rings is 2. The number of amides is 1. The normalized spacial score (nSPS) is 12.5. The number of hydrogen-bond donors (Lipinski definition) is 1. The topological polar surface area (TPSA) is 38.3 Å². The van der Waals surface area contributed by atoms with Crippen LogP contribution in [-0.4, -0.2) is 12.5 Å². The molecule has 0 saturated carbocycles. The monoisotopic (exact) mass is 311 g/mol. The Morgan fingerprint density at radius 3 is 2.26 bits per heavy atom. The van der Waals surface area contributed by atoms with Crippen LogP contribution < -0.4 is 10.1 Å². The molecule has 0 bridgehead atoms. The summed E-state index contributed by atoms with van der Waals surface area (Å²) in [5, 5.41) is 3.11. The second-order valence-corrected chi connectivity index (χ2v) is 6.19. The first-order valence-corrected chi connectivity index (χ1v) is 8.04. The van der Waals surface area contributed by atoms with Crippen molar-refractivity contribution in [3.8, 4) is 5.75 Å². The molecule has 0 aliphatic rings. The molecule has 0 saturated heterocycles. The Labute approximate surface area is 138 Å². The molecule has 0 heterocycles. The van der Waals surface area contributed by atoms with Crippen molar-refractivity contribution in [2.45, 2.75) is 39.2 Å². The largest absolute Gasteiger partial charge is 0.494 e. The lowest BCUT2D eigenvalue weighted by molar-refractivity contribution is -0.126. The van der Waals surface area contributed by atoms with Gasteiger partial charge >= 0.3 is 0 Å². The minimum absolute atomic E-state index is 0.0186. The Morgan fingerprint density at radius 1 is 1.09 bits per heavy atom. The highest BCUT2D eigenvalue weighted by Crippen LogP contribution is 2.25. The molecule has 0 aliphatic heterocycles. The summed E-state index contributed by atoms with van der Waals surface area (Å²) >= 11 is 0. The highest BCUT2D eigenvalue weighted by Gasteiger charge is 2.30. The Kier molecular flexibility index (Phi) is 5.43. The van der Waals surface area contributed by atoms with Gasteiger partial charge in [-0.15, -0.1) is 0 Å². The molecule has 0 fully saturated rings. The third kappa shape index (κ3) is 4.13. The van der Waals surface area contributed by atoms with E-state index in [0.29, 0.717) is 6.61 Å². The van der Waals surface area contributed by atoms with Gasteiger partial charge in [-0.2, -0.15) is 0 Å². The second kappa shape index (κ2) is 7.32. The Bertz CT molecular complexity index is 632. The Hall–Kier alpha value is -2.29. The van der Waals surface area contributed by atoms with Crippen LogP contribution in [0, 0.1) is 0 Å². The molecule has 2 rings (SSSR count). The number of carbonyl (C=O) groups is 1. The number of rotatable bonds is 6. The molecule has 3 heteroatoms. The first-order valence-electron chi connectivity index (χ1n) is 8.04. The van der Waals surface area contributed by atoms with Crippen molar-refractivity contribution in [3.05, 3.63) is 65.7 Å². The molecular formula is C20H25NO2. The molecule has 0 radical (unpaired) electrons. The quantitative estimate of drug-likeness (QED) is 0.866. The van der Waals surface area contributed by atoms with E-state index in [1.807, 2.05) is 82.3 Å². The van der Waals surface area contributed by atoms with Crippen molar-refractivity contribution in [2.75, 3.05) is 6.61 Å². The summed E-state index contributed by atoms with van der Waals surface area (Å²) in [5.41, 5.74) is 1.50. The average molecular weight is 311 g/mol. The molecule has 2 aromatic rings. The fourth-order valence-electron chi connectivity index (χ4n) is 2.47. The van der Waals surface area contributed by atoms with E-state index in [1.54, 1.807) is 0 Å². The van der Waals surface area contributed by atoms with Crippen LogP contribution in [0.3, 0.4) is 0 Å². The third-order valence-corrected chi connectivity index (χ3v) is 4.10. The summed E-state index contributed by atoms with van der Waals surface area (Å²) in [7, 11) is 0. The summed E-state index contributed by atoms with van der Waals surface area (Å²) in [6.07, 6.45) is 0. The molecular weight excluding hydrogens is 286 g/mol. The highest BCUT2D eigenvalue weighted by molar-refractivity contribution is 5.87. The summed E-state index contributed by atoms with van der Waals surface area (Å²) in [5.74, 6) is 0.865. The predicted molar refractivity (Wildman–Crippen MR) is 93.6 cm³/mol. The van der Waals surface area contributed by atoms with Gasteiger partial charge in [0.1, 0.15) is 5.75 Å². The molecule has 0 spiro atoms. The summed E-state index contributed by atoms with van der Waals surface area (Å²) in [6.45, 7) is 8.50. The van der Waals surface area contributed by atoms with E-state index in [0.717, 1.165) is 16.9 Å². The first kappa shape index (κ1) is 17.1. The fraction of sp³-hybridized carbons (Fsp3) is 0.350. The number of hydrogen-bond acceptors (Lipinski definition) is 2. The summed E-state index contributed by atoms with van der Waals surface area (Å²) in [4.78, 5) is 12.7. The van der Waals surface area contributed by atoms with Crippen LogP contribution in [0.2, 0.25) is 0 Å². The fourth-order valence-corrected chi connectivity index (χ4v) is 2.47. The predicted octanol–water partition coefficient (Wildman–Crippen LogP) is 4.24. The third-order valence-electron chi connectivity index (χ3n) is 4.10. The van der Waals surface area contributed by atoms with E-state index in [9.17, 15) is 4.79 Å². The molecule has 0 aliphatic carbocycles. The van der Waals surface area contributed by atoms with Crippen LogP contribution in [0.4, 0.5) is 0 Å². The van der Waals surface area contributed by atoms with Gasteiger partial charge in [0.15, 0.2) is 0 Å². The molecule has 1 atom stereocenters. The van der Waals surface area contributed by atoms with E-state index in [2.05, 4.69) is 5.32 Å². The van der Waals surface area contributed by atoms with Crippen LogP contribution in [0.25, 0.3) is 0 Å². The van der Waals surface area contributed by atoms with Gasteiger partial charge in [-0.1, -0.05) is 42.5 Å². The van der Waals surface area contributed by atoms with Crippen molar-refractivity contribution in [1.82, 2.24) is 5.32 Å². The zero-order valence-corrected chi connectivity index (χ0v) is 14.3. The highest BCUT2D eigenvalue weighted by atomic mass is 16.5. The zero-order valence-electron chi connectivity index (χ0n) is 14.3. The van der Waals surface area contributed by atoms with Crippen LogP contribution >= 0.6 is 0 Å². The summed E-state index contributed by atoms with van der Waals surface area (Å²) in [6, 6.07) is 17.6.